The summed E-state index contributed by atoms with van der Waals surface area (Å²) >= 11 is 0. The number of rotatable bonds is 6. The first-order chi connectivity index (χ1) is 15.2. The Morgan fingerprint density at radius 3 is 2.55 bits per heavy atom. The van der Waals surface area contributed by atoms with Gasteiger partial charge in [-0.3, -0.25) is 14.6 Å². The molecule has 0 spiro atoms. The van der Waals surface area contributed by atoms with Crippen LogP contribution in [0, 0.1) is 0 Å². The smallest absolute Gasteiger partial charge is 0.239 e. The summed E-state index contributed by atoms with van der Waals surface area (Å²) < 4.78 is 1.88. The Kier molecular flexibility index (Phi) is 6.07. The van der Waals surface area contributed by atoms with Crippen LogP contribution in [0.1, 0.15) is 37.3 Å². The molecule has 1 atom stereocenters. The molecule has 2 aromatic rings. The van der Waals surface area contributed by atoms with E-state index in [-0.39, 0.29) is 5.91 Å². The number of piperidine rings is 1. The molecule has 1 amide bonds. The summed E-state index contributed by atoms with van der Waals surface area (Å²) in [7, 11) is 2.22. The molecule has 3 fully saturated rings. The predicted octanol–water partition coefficient (Wildman–Crippen LogP) is 2.40. The molecule has 166 valence electrons. The second kappa shape index (κ2) is 9.10. The number of nitrogens with one attached hydrogen (secondary N) is 1. The molecule has 1 saturated carbocycles. The first kappa shape index (κ1) is 20.7. The number of aromatic nitrogens is 2. The fourth-order valence-electron chi connectivity index (χ4n) is 4.94. The number of nitrogens with zero attached hydrogens (tertiary/aromatic N) is 5. The van der Waals surface area contributed by atoms with Crippen LogP contribution in [-0.4, -0.2) is 89.3 Å². The Morgan fingerprint density at radius 2 is 1.84 bits per heavy atom. The second-order valence-corrected chi connectivity index (χ2v) is 9.39. The molecule has 7 heteroatoms. The molecule has 31 heavy (non-hydrogen) atoms. The largest absolute Gasteiger partial charge is 0.309 e. The van der Waals surface area contributed by atoms with Crippen molar-refractivity contribution in [3.63, 3.8) is 0 Å². The fraction of sp³-hybridized carbons (Fsp3) is 0.583. The Hall–Kier alpha value is -2.22. The lowest BCUT2D eigenvalue weighted by molar-refractivity contribution is -0.117. The summed E-state index contributed by atoms with van der Waals surface area (Å²) in [6.07, 6.45) is 4.99. The van der Waals surface area contributed by atoms with Crippen LogP contribution < -0.4 is 5.32 Å². The number of carbonyl (C=O) groups is 1. The van der Waals surface area contributed by atoms with E-state index in [1.54, 1.807) is 0 Å². The molecule has 1 N–H and O–H groups in total. The van der Waals surface area contributed by atoms with Crippen molar-refractivity contribution in [1.29, 1.82) is 0 Å². The van der Waals surface area contributed by atoms with E-state index >= 15 is 0 Å². The van der Waals surface area contributed by atoms with Gasteiger partial charge in [-0.15, -0.1) is 0 Å². The van der Waals surface area contributed by atoms with Crippen molar-refractivity contribution < 1.29 is 4.79 Å². The van der Waals surface area contributed by atoms with E-state index in [9.17, 15) is 4.79 Å². The number of hydrogen-bond donors (Lipinski definition) is 1. The number of carbonyl (C=O) groups excluding carboxylic acids is 1. The number of likely N-dealkylation sites (tertiary alicyclic amines) is 1. The maximum absolute atomic E-state index is 12.9. The van der Waals surface area contributed by atoms with Gasteiger partial charge < -0.3 is 10.2 Å². The number of piperazine rings is 1. The van der Waals surface area contributed by atoms with Gasteiger partial charge in [-0.1, -0.05) is 18.2 Å². The quantitative estimate of drug-likeness (QED) is 0.775. The Morgan fingerprint density at radius 1 is 1.06 bits per heavy atom. The lowest BCUT2D eigenvalue weighted by Crippen LogP contribution is -2.55. The molecule has 2 saturated heterocycles. The minimum atomic E-state index is 0.0466. The number of benzene rings is 1. The molecule has 3 heterocycles. The maximum Gasteiger partial charge on any atom is 0.239 e. The van der Waals surface area contributed by atoms with Gasteiger partial charge in [0.15, 0.2) is 0 Å². The first-order valence-electron chi connectivity index (χ1n) is 11.8. The van der Waals surface area contributed by atoms with Gasteiger partial charge >= 0.3 is 0 Å². The fourth-order valence-corrected chi connectivity index (χ4v) is 4.94. The Balaban J connectivity index is 1.18. The van der Waals surface area contributed by atoms with Crippen LogP contribution in [0.2, 0.25) is 0 Å². The van der Waals surface area contributed by atoms with E-state index in [2.05, 4.69) is 33.1 Å². The average molecular weight is 423 g/mol. The van der Waals surface area contributed by atoms with Crippen LogP contribution in [0.15, 0.2) is 36.4 Å². The molecule has 7 nitrogen and oxygen atoms in total. The standard InChI is InChI=1S/C24H34N6O/c1-27-11-5-8-21(17-27)29-14-12-28(13-15-29)18-24(31)25-23-16-22(19-9-10-19)26-30(23)20-6-3-2-4-7-20/h2-4,6-7,16,19,21H,5,8-15,17-18H2,1H3,(H,25,31). The van der Waals surface area contributed by atoms with Crippen LogP contribution in [-0.2, 0) is 4.79 Å². The summed E-state index contributed by atoms with van der Waals surface area (Å²) in [4.78, 5) is 20.2. The molecule has 1 aliphatic carbocycles. The predicted molar refractivity (Wildman–Crippen MR) is 123 cm³/mol. The van der Waals surface area contributed by atoms with E-state index in [0.29, 0.717) is 18.5 Å². The van der Waals surface area contributed by atoms with Gasteiger partial charge in [-0.2, -0.15) is 5.10 Å². The van der Waals surface area contributed by atoms with Crippen molar-refractivity contribution in [3.05, 3.63) is 42.1 Å². The highest BCUT2D eigenvalue weighted by Gasteiger charge is 2.29. The molecule has 1 aromatic carbocycles. The van der Waals surface area contributed by atoms with Crippen LogP contribution in [0.3, 0.4) is 0 Å². The van der Waals surface area contributed by atoms with Gasteiger partial charge in [-0.05, 0) is 51.4 Å². The molecule has 3 aliphatic rings. The van der Waals surface area contributed by atoms with E-state index < -0.39 is 0 Å². The zero-order valence-corrected chi connectivity index (χ0v) is 18.5. The molecule has 0 bridgehead atoms. The van der Waals surface area contributed by atoms with Crippen LogP contribution in [0.25, 0.3) is 5.69 Å². The molecule has 1 aromatic heterocycles. The van der Waals surface area contributed by atoms with Crippen LogP contribution in [0.5, 0.6) is 0 Å². The van der Waals surface area contributed by atoms with E-state index in [0.717, 1.165) is 43.4 Å². The molecule has 1 unspecified atom stereocenters. The topological polar surface area (TPSA) is 56.6 Å². The molecular weight excluding hydrogens is 388 g/mol. The average Bonchev–Trinajstić information content (AvgIpc) is 3.55. The number of likely N-dealkylation sites (N-methyl/N-ethyl adjacent to an activating group) is 1. The summed E-state index contributed by atoms with van der Waals surface area (Å²) in [5.74, 6) is 1.37. The summed E-state index contributed by atoms with van der Waals surface area (Å²) in [5, 5.41) is 7.93. The van der Waals surface area contributed by atoms with E-state index in [1.165, 1.54) is 38.8 Å². The molecule has 5 rings (SSSR count). The monoisotopic (exact) mass is 422 g/mol. The second-order valence-electron chi connectivity index (χ2n) is 9.39. The highest BCUT2D eigenvalue weighted by Crippen LogP contribution is 2.40. The van der Waals surface area contributed by atoms with Crippen LogP contribution >= 0.6 is 0 Å². The lowest BCUT2D eigenvalue weighted by atomic mass is 10.0. The number of para-hydroxylation sites is 1. The molecule has 0 radical (unpaired) electrons. The SMILES string of the molecule is CN1CCCC(N2CCN(CC(=O)Nc3cc(C4CC4)nn3-c3ccccc3)CC2)C1. The highest BCUT2D eigenvalue weighted by molar-refractivity contribution is 5.91. The van der Waals surface area contributed by atoms with Gasteiger partial charge in [0.1, 0.15) is 5.82 Å². The highest BCUT2D eigenvalue weighted by atomic mass is 16.2. The lowest BCUT2D eigenvalue weighted by Gasteiger charge is -2.42. The normalized spacial score (nSPS) is 23.7. The van der Waals surface area contributed by atoms with Crippen molar-refractivity contribution in [2.75, 3.05) is 58.2 Å². The summed E-state index contributed by atoms with van der Waals surface area (Å²) in [6, 6.07) is 12.8. The maximum atomic E-state index is 12.9. The summed E-state index contributed by atoms with van der Waals surface area (Å²) in [6.45, 7) is 6.86. The van der Waals surface area contributed by atoms with Gasteiger partial charge in [0.2, 0.25) is 5.91 Å². The third-order valence-electron chi connectivity index (χ3n) is 6.88. The third-order valence-corrected chi connectivity index (χ3v) is 6.88. The number of anilines is 1. The van der Waals surface area contributed by atoms with Crippen molar-refractivity contribution in [3.8, 4) is 5.69 Å². The number of amides is 1. The van der Waals surface area contributed by atoms with Crippen molar-refractivity contribution >= 4 is 11.7 Å². The van der Waals surface area contributed by atoms with Crippen molar-refractivity contribution in [2.45, 2.75) is 37.6 Å². The van der Waals surface area contributed by atoms with Gasteiger partial charge in [-0.25, -0.2) is 4.68 Å². The zero-order valence-electron chi connectivity index (χ0n) is 18.5. The molecule has 2 aliphatic heterocycles. The Bertz CT molecular complexity index is 885. The van der Waals surface area contributed by atoms with Gasteiger partial charge in [0.05, 0.1) is 17.9 Å². The van der Waals surface area contributed by atoms with Gasteiger partial charge in [0.25, 0.3) is 0 Å². The van der Waals surface area contributed by atoms with Crippen molar-refractivity contribution in [2.24, 2.45) is 0 Å². The third kappa shape index (κ3) is 5.00. The van der Waals surface area contributed by atoms with Gasteiger partial charge in [0, 0.05) is 50.7 Å². The van der Waals surface area contributed by atoms with Crippen molar-refractivity contribution in [1.82, 2.24) is 24.5 Å². The van der Waals surface area contributed by atoms with E-state index in [4.69, 9.17) is 5.10 Å². The summed E-state index contributed by atoms with van der Waals surface area (Å²) in [5.41, 5.74) is 2.07. The zero-order chi connectivity index (χ0) is 21.2. The van der Waals surface area contributed by atoms with E-state index in [1.807, 2.05) is 35.0 Å². The molecular formula is C24H34N6O. The minimum Gasteiger partial charge on any atom is -0.309 e. The van der Waals surface area contributed by atoms with Crippen LogP contribution in [0.4, 0.5) is 5.82 Å². The first-order valence-corrected chi connectivity index (χ1v) is 11.8. The Labute approximate surface area is 185 Å². The number of hydrogen-bond acceptors (Lipinski definition) is 5. The minimum absolute atomic E-state index is 0.0466.